The number of phenols is 1. The Morgan fingerprint density at radius 2 is 1.25 bits per heavy atom. The Morgan fingerprint density at radius 1 is 0.786 bits per heavy atom. The fraction of sp³-hybridized carbons (Fsp3) is 0.350. The first-order valence-electron chi connectivity index (χ1n) is 8.24. The van der Waals surface area contributed by atoms with Gasteiger partial charge in [0.05, 0.1) is 11.1 Å². The maximum absolute atomic E-state index is 13.2. The lowest BCUT2D eigenvalue weighted by Crippen LogP contribution is -2.13. The van der Waals surface area contributed by atoms with Crippen molar-refractivity contribution in [2.75, 3.05) is 7.05 Å². The van der Waals surface area contributed by atoms with Crippen LogP contribution in [-0.2, 0) is 17.8 Å². The third-order valence-corrected chi connectivity index (χ3v) is 4.14. The molecule has 0 amide bonds. The van der Waals surface area contributed by atoms with Crippen LogP contribution in [-0.4, -0.2) is 18.4 Å². The average molecular weight is 403 g/mol. The molecule has 0 bridgehead atoms. The Kier molecular flexibility index (Phi) is 5.56. The quantitative estimate of drug-likeness (QED) is 0.454. The summed E-state index contributed by atoms with van der Waals surface area (Å²) in [6.45, 7) is 5.31. The number of rotatable bonds is 2. The number of nitrogens with zero attached hydrogens (tertiary/aromatic N) is 1. The zero-order valence-electron chi connectivity index (χ0n) is 15.6. The molecule has 0 radical (unpaired) electrons. The Bertz CT molecular complexity index is 872. The summed E-state index contributed by atoms with van der Waals surface area (Å²) in [6.07, 6.45) is -8.58. The lowest BCUT2D eigenvalue weighted by Gasteiger charge is -2.23. The second-order valence-electron chi connectivity index (χ2n) is 7.39. The number of aromatic hydroxyl groups is 1. The third kappa shape index (κ3) is 4.66. The van der Waals surface area contributed by atoms with Crippen LogP contribution in [0.1, 0.15) is 43.0 Å². The molecule has 8 heteroatoms. The molecule has 0 aliphatic heterocycles. The van der Waals surface area contributed by atoms with E-state index in [1.165, 1.54) is 25.4 Å². The highest BCUT2D eigenvalue weighted by atomic mass is 19.4. The lowest BCUT2D eigenvalue weighted by molar-refractivity contribution is -0.143. The van der Waals surface area contributed by atoms with Crippen molar-refractivity contribution >= 4 is 6.21 Å². The van der Waals surface area contributed by atoms with Crippen molar-refractivity contribution in [3.8, 4) is 16.9 Å². The van der Waals surface area contributed by atoms with Crippen LogP contribution in [0.15, 0.2) is 35.3 Å². The van der Waals surface area contributed by atoms with Crippen molar-refractivity contribution in [2.24, 2.45) is 4.99 Å². The summed E-state index contributed by atoms with van der Waals surface area (Å²) in [6, 6.07) is 4.13. The summed E-state index contributed by atoms with van der Waals surface area (Å²) in [5.41, 5.74) is -2.94. The van der Waals surface area contributed by atoms with Gasteiger partial charge in [0.25, 0.3) is 0 Å². The van der Waals surface area contributed by atoms with Crippen molar-refractivity contribution < 1.29 is 31.4 Å². The first-order valence-corrected chi connectivity index (χ1v) is 8.24. The normalized spacial score (nSPS) is 13.4. The lowest BCUT2D eigenvalue weighted by atomic mass is 9.83. The maximum Gasteiger partial charge on any atom is 0.416 e. The minimum absolute atomic E-state index is 0.0863. The molecular weight excluding hydrogens is 384 g/mol. The highest BCUT2D eigenvalue weighted by Crippen LogP contribution is 2.41. The van der Waals surface area contributed by atoms with E-state index >= 15 is 0 Å². The zero-order valence-corrected chi connectivity index (χ0v) is 15.6. The number of hydrogen-bond acceptors (Lipinski definition) is 2. The van der Waals surface area contributed by atoms with E-state index in [2.05, 4.69) is 4.99 Å². The number of phenolic OH excluding ortho intramolecular Hbond substituents is 1. The predicted octanol–water partition coefficient (Wildman–Crippen LogP) is 6.44. The molecule has 1 N–H and O–H groups in total. The Morgan fingerprint density at radius 3 is 1.64 bits per heavy atom. The fourth-order valence-corrected chi connectivity index (χ4v) is 2.75. The minimum Gasteiger partial charge on any atom is -0.507 e. The number of halogens is 6. The minimum atomic E-state index is -4.94. The number of hydrogen-bond donors (Lipinski definition) is 1. The SMILES string of the molecule is CN=Cc1cc(-c2cc(C(F)(F)F)cc(C(F)(F)F)c2)cc(C(C)(C)C)c1O. The molecule has 2 aromatic carbocycles. The number of alkyl halides is 6. The fourth-order valence-electron chi connectivity index (χ4n) is 2.75. The predicted molar refractivity (Wildman–Crippen MR) is 95.8 cm³/mol. The second kappa shape index (κ2) is 7.14. The molecule has 0 fully saturated rings. The Balaban J connectivity index is 2.85. The van der Waals surface area contributed by atoms with Crippen LogP contribution >= 0.6 is 0 Å². The summed E-state index contributed by atoms with van der Waals surface area (Å²) < 4.78 is 78.9. The van der Waals surface area contributed by atoms with Crippen molar-refractivity contribution in [2.45, 2.75) is 38.5 Å². The largest absolute Gasteiger partial charge is 0.507 e. The summed E-state index contributed by atoms with van der Waals surface area (Å²) in [5.74, 6) is -0.120. The van der Waals surface area contributed by atoms with Gasteiger partial charge in [0.15, 0.2) is 0 Å². The molecule has 0 saturated carbocycles. The van der Waals surface area contributed by atoms with Gasteiger partial charge in [0.2, 0.25) is 0 Å². The van der Waals surface area contributed by atoms with Gasteiger partial charge in [0.1, 0.15) is 5.75 Å². The molecule has 152 valence electrons. The van der Waals surface area contributed by atoms with Gasteiger partial charge in [-0.15, -0.1) is 0 Å². The van der Waals surface area contributed by atoms with Gasteiger partial charge in [-0.3, -0.25) is 4.99 Å². The monoisotopic (exact) mass is 403 g/mol. The van der Waals surface area contributed by atoms with Gasteiger partial charge in [-0.1, -0.05) is 20.8 Å². The van der Waals surface area contributed by atoms with Gasteiger partial charge in [-0.05, 0) is 46.9 Å². The molecule has 0 heterocycles. The third-order valence-electron chi connectivity index (χ3n) is 4.14. The smallest absolute Gasteiger partial charge is 0.416 e. The molecule has 2 nitrogen and oxygen atoms in total. The molecule has 0 aromatic heterocycles. The zero-order chi connectivity index (χ0) is 21.5. The molecule has 28 heavy (non-hydrogen) atoms. The summed E-state index contributed by atoms with van der Waals surface area (Å²) in [7, 11) is 1.44. The van der Waals surface area contributed by atoms with Crippen molar-refractivity contribution in [1.82, 2.24) is 0 Å². The van der Waals surface area contributed by atoms with E-state index < -0.39 is 28.9 Å². The standard InChI is InChI=1S/C20H19F6NO/c1-18(2,3)16-8-11(5-13(10-27-4)17(16)28)12-6-14(19(21,22)23)9-15(7-12)20(24,25)26/h5-10,28H,1-4H3. The van der Waals surface area contributed by atoms with Gasteiger partial charge in [-0.2, -0.15) is 26.3 Å². The molecule has 2 aromatic rings. The molecule has 0 saturated heterocycles. The number of benzene rings is 2. The molecule has 0 unspecified atom stereocenters. The Labute approximate surface area is 158 Å². The maximum atomic E-state index is 13.2. The van der Waals surface area contributed by atoms with Crippen LogP contribution in [0.25, 0.3) is 11.1 Å². The average Bonchev–Trinajstić information content (AvgIpc) is 2.53. The van der Waals surface area contributed by atoms with Crippen LogP contribution in [0.2, 0.25) is 0 Å². The van der Waals surface area contributed by atoms with Crippen molar-refractivity contribution in [3.63, 3.8) is 0 Å². The molecule has 0 aliphatic carbocycles. The molecule has 0 atom stereocenters. The molecule has 2 rings (SSSR count). The van der Waals surface area contributed by atoms with E-state index in [1.807, 2.05) is 0 Å². The summed E-state index contributed by atoms with van der Waals surface area (Å²) >= 11 is 0. The van der Waals surface area contributed by atoms with Crippen LogP contribution in [0.3, 0.4) is 0 Å². The summed E-state index contributed by atoms with van der Waals surface area (Å²) in [5, 5.41) is 10.4. The van der Waals surface area contributed by atoms with Gasteiger partial charge >= 0.3 is 12.4 Å². The van der Waals surface area contributed by atoms with E-state index in [1.54, 1.807) is 20.8 Å². The van der Waals surface area contributed by atoms with Gasteiger partial charge < -0.3 is 5.11 Å². The van der Waals surface area contributed by atoms with E-state index in [-0.39, 0.29) is 28.5 Å². The van der Waals surface area contributed by atoms with Crippen LogP contribution in [0.5, 0.6) is 5.75 Å². The second-order valence-corrected chi connectivity index (χ2v) is 7.39. The highest BCUT2D eigenvalue weighted by molar-refractivity contribution is 5.87. The van der Waals surface area contributed by atoms with Gasteiger partial charge in [-0.25, -0.2) is 0 Å². The van der Waals surface area contributed by atoms with Crippen molar-refractivity contribution in [3.05, 3.63) is 52.6 Å². The van der Waals surface area contributed by atoms with Crippen molar-refractivity contribution in [1.29, 1.82) is 0 Å². The van der Waals surface area contributed by atoms with Gasteiger partial charge in [0, 0.05) is 24.4 Å². The number of aliphatic imine (C=N–C) groups is 1. The summed E-state index contributed by atoms with van der Waals surface area (Å²) in [4.78, 5) is 3.79. The highest BCUT2D eigenvalue weighted by Gasteiger charge is 2.37. The van der Waals surface area contributed by atoms with E-state index in [9.17, 15) is 31.4 Å². The van der Waals surface area contributed by atoms with Crippen LogP contribution in [0, 0.1) is 0 Å². The molecule has 0 spiro atoms. The molecular formula is C20H19F6NO. The first kappa shape index (κ1) is 21.8. The Hall–Kier alpha value is -2.51. The first-order chi connectivity index (χ1) is 12.6. The van der Waals surface area contributed by atoms with Crippen LogP contribution in [0.4, 0.5) is 26.3 Å². The topological polar surface area (TPSA) is 32.6 Å². The van der Waals surface area contributed by atoms with E-state index in [0.29, 0.717) is 17.7 Å². The molecule has 0 aliphatic rings. The van der Waals surface area contributed by atoms with Crippen LogP contribution < -0.4 is 0 Å². The van der Waals surface area contributed by atoms with E-state index in [4.69, 9.17) is 0 Å². The van der Waals surface area contributed by atoms with E-state index in [0.717, 1.165) is 0 Å².